The molecule has 0 heterocycles. The molecular formula is C65H112N2O7P+. The average molecular weight is 1060 g/mol. The van der Waals surface area contributed by atoms with Gasteiger partial charge >= 0.3 is 13.8 Å². The maximum atomic E-state index is 13.5. The summed E-state index contributed by atoms with van der Waals surface area (Å²) in [6, 6.07) is -0.889. The Morgan fingerprint density at radius 3 is 1.33 bits per heavy atom. The number of hydrogen-bond donors (Lipinski definition) is 2. The normalized spacial score (nSPS) is 14.6. The van der Waals surface area contributed by atoms with Crippen LogP contribution < -0.4 is 5.32 Å². The van der Waals surface area contributed by atoms with Crippen LogP contribution in [0, 0.1) is 0 Å². The third-order valence-corrected chi connectivity index (χ3v) is 13.4. The molecule has 0 aliphatic rings. The Labute approximate surface area is 461 Å². The number of phosphoric ester groups is 1. The summed E-state index contributed by atoms with van der Waals surface area (Å²) in [4.78, 5) is 37.6. The SMILES string of the molecule is CC/C=C\C/C=C\C/C=C\C/C=C\C/C=C\CCCCCCCC(=O)NC(COP(=O)(O)OCC[N+](C)(C)C)C(/C=C\CCCCCCCCCCC)OC(=O)CCC/C=C\C/C=C\C/C=C\C/C=C\CCCCC. The molecule has 0 spiro atoms. The Balaban J connectivity index is 5.39. The van der Waals surface area contributed by atoms with Crippen LogP contribution in [-0.2, 0) is 27.9 Å². The lowest BCUT2D eigenvalue weighted by Gasteiger charge is -2.27. The van der Waals surface area contributed by atoms with Gasteiger partial charge in [-0.05, 0) is 115 Å². The number of carbonyl (C=O) groups excluding carboxylic acids is 2. The van der Waals surface area contributed by atoms with E-state index in [4.69, 9.17) is 13.8 Å². The minimum Gasteiger partial charge on any atom is -0.456 e. The first-order chi connectivity index (χ1) is 36.4. The number of ether oxygens (including phenoxy) is 1. The summed E-state index contributed by atoms with van der Waals surface area (Å²) in [5.74, 6) is -0.603. The third kappa shape index (κ3) is 55.0. The predicted octanol–water partition coefficient (Wildman–Crippen LogP) is 18.3. The summed E-state index contributed by atoms with van der Waals surface area (Å²) in [5, 5.41) is 3.02. The molecule has 2 N–H and O–H groups in total. The van der Waals surface area contributed by atoms with E-state index in [0.717, 1.165) is 109 Å². The van der Waals surface area contributed by atoms with Crippen LogP contribution in [0.3, 0.4) is 0 Å². The third-order valence-electron chi connectivity index (χ3n) is 12.4. The minimum atomic E-state index is -4.47. The highest BCUT2D eigenvalue weighted by Crippen LogP contribution is 2.43. The maximum Gasteiger partial charge on any atom is 0.472 e. The van der Waals surface area contributed by atoms with Crippen LogP contribution in [-0.4, -0.2) is 74.3 Å². The van der Waals surface area contributed by atoms with Crippen LogP contribution in [0.15, 0.2) is 122 Å². The Hall–Kier alpha value is -3.59. The van der Waals surface area contributed by atoms with Crippen LogP contribution in [0.25, 0.3) is 0 Å². The largest absolute Gasteiger partial charge is 0.472 e. The van der Waals surface area contributed by atoms with E-state index in [2.05, 4.69) is 135 Å². The van der Waals surface area contributed by atoms with Crippen molar-refractivity contribution < 1.29 is 37.3 Å². The van der Waals surface area contributed by atoms with E-state index in [1.807, 2.05) is 33.3 Å². The second-order valence-corrected chi connectivity index (χ2v) is 22.2. The van der Waals surface area contributed by atoms with Gasteiger partial charge in [-0.1, -0.05) is 220 Å². The summed E-state index contributed by atoms with van der Waals surface area (Å²) in [6.07, 6.45) is 74.9. The number of amides is 1. The number of quaternary nitrogens is 1. The van der Waals surface area contributed by atoms with Gasteiger partial charge in [-0.2, -0.15) is 0 Å². The van der Waals surface area contributed by atoms with Gasteiger partial charge in [0, 0.05) is 12.8 Å². The lowest BCUT2D eigenvalue weighted by Crippen LogP contribution is -2.47. The first-order valence-electron chi connectivity index (χ1n) is 29.9. The van der Waals surface area contributed by atoms with Gasteiger partial charge in [0.15, 0.2) is 0 Å². The lowest BCUT2D eigenvalue weighted by molar-refractivity contribution is -0.870. The number of nitrogens with zero attached hydrogens (tertiary/aromatic N) is 1. The first-order valence-corrected chi connectivity index (χ1v) is 31.4. The Morgan fingerprint density at radius 2 is 0.867 bits per heavy atom. The highest BCUT2D eigenvalue weighted by molar-refractivity contribution is 7.47. The van der Waals surface area contributed by atoms with Gasteiger partial charge < -0.3 is 19.4 Å². The number of allylic oxidation sites excluding steroid dienone is 19. The fourth-order valence-electron chi connectivity index (χ4n) is 7.78. The first kappa shape index (κ1) is 71.4. The van der Waals surface area contributed by atoms with Crippen molar-refractivity contribution in [2.75, 3.05) is 40.9 Å². The highest BCUT2D eigenvalue weighted by Gasteiger charge is 2.30. The van der Waals surface area contributed by atoms with Gasteiger partial charge in [0.2, 0.25) is 5.91 Å². The van der Waals surface area contributed by atoms with Gasteiger partial charge in [-0.25, -0.2) is 4.57 Å². The average Bonchev–Trinajstić information content (AvgIpc) is 3.37. The molecule has 0 bridgehead atoms. The van der Waals surface area contributed by atoms with Crippen molar-refractivity contribution in [1.29, 1.82) is 0 Å². The molecule has 1 amide bonds. The van der Waals surface area contributed by atoms with Crippen LogP contribution >= 0.6 is 7.82 Å². The van der Waals surface area contributed by atoms with Crippen LogP contribution in [0.5, 0.6) is 0 Å². The molecule has 3 atom stereocenters. The van der Waals surface area contributed by atoms with Gasteiger partial charge in [0.25, 0.3) is 0 Å². The summed E-state index contributed by atoms with van der Waals surface area (Å²) in [5.41, 5.74) is 0. The predicted molar refractivity (Wildman–Crippen MR) is 323 cm³/mol. The molecule has 0 radical (unpaired) electrons. The molecule has 0 aromatic carbocycles. The molecule has 75 heavy (non-hydrogen) atoms. The second kappa shape index (κ2) is 53.8. The Morgan fingerprint density at radius 1 is 0.480 bits per heavy atom. The van der Waals surface area contributed by atoms with Gasteiger partial charge in [-0.3, -0.25) is 18.6 Å². The number of likely N-dealkylation sites (N-methyl/N-ethyl adjacent to an activating group) is 1. The van der Waals surface area contributed by atoms with Gasteiger partial charge in [0.1, 0.15) is 19.3 Å². The molecule has 0 saturated carbocycles. The highest BCUT2D eigenvalue weighted by atomic mass is 31.2. The maximum absolute atomic E-state index is 13.5. The summed E-state index contributed by atoms with van der Waals surface area (Å²) < 4.78 is 30.6. The molecule has 9 nitrogen and oxygen atoms in total. The van der Waals surface area contributed by atoms with E-state index in [9.17, 15) is 19.0 Å². The van der Waals surface area contributed by atoms with E-state index in [1.165, 1.54) is 70.6 Å². The van der Waals surface area contributed by atoms with Crippen LogP contribution in [0.2, 0.25) is 0 Å². The lowest BCUT2D eigenvalue weighted by atomic mass is 10.1. The fraction of sp³-hybridized carbons (Fsp3) is 0.662. The van der Waals surface area contributed by atoms with Crippen molar-refractivity contribution in [3.63, 3.8) is 0 Å². The number of carbonyl (C=O) groups is 2. The molecule has 0 aliphatic heterocycles. The fourth-order valence-corrected chi connectivity index (χ4v) is 8.52. The van der Waals surface area contributed by atoms with Crippen molar-refractivity contribution in [3.8, 4) is 0 Å². The quantitative estimate of drug-likeness (QED) is 0.0205. The Kier molecular flexibility index (Phi) is 51.2. The van der Waals surface area contributed by atoms with Crippen LogP contribution in [0.1, 0.15) is 226 Å². The monoisotopic (exact) mass is 1060 g/mol. The van der Waals surface area contributed by atoms with E-state index in [-0.39, 0.29) is 31.5 Å². The van der Waals surface area contributed by atoms with Crippen molar-refractivity contribution in [1.82, 2.24) is 5.32 Å². The number of esters is 1. The molecule has 428 valence electrons. The molecule has 3 unspecified atom stereocenters. The zero-order chi connectivity index (χ0) is 55.0. The standard InChI is InChI=1S/C65H111N2O7P/c1-7-10-13-16-19-22-25-27-29-31-32-33-34-36-37-39-42-45-48-51-54-57-64(68)66-62(61-73-75(70,71)72-60-59-67(4,5)6)63(56-53-50-47-44-41-24-21-18-15-12-9-3)74-65(69)58-55-52-49-46-43-40-38-35-30-28-26-23-20-17-14-11-8-2/h10,13,19-20,22-23,27-30,32-33,36-38,40,46,49,53,56,62-63H,7-9,11-12,14-18,21,24-26,31,34-35,39,41-45,47-48,50-52,54-55,57-61H2,1-6H3,(H-,66,68,70,71)/p+1/b13-10-,22-19-,23-20-,29-27-,30-28-,33-32-,37-36-,40-38-,49-46-,56-53-. The van der Waals surface area contributed by atoms with Gasteiger partial charge in [-0.15, -0.1) is 0 Å². The second-order valence-electron chi connectivity index (χ2n) is 20.8. The zero-order valence-electron chi connectivity index (χ0n) is 48.7. The topological polar surface area (TPSA) is 111 Å². The van der Waals surface area contributed by atoms with Crippen molar-refractivity contribution in [3.05, 3.63) is 122 Å². The van der Waals surface area contributed by atoms with E-state index < -0.39 is 20.0 Å². The molecule has 0 aromatic heterocycles. The molecular weight excluding hydrogens is 952 g/mol. The minimum absolute atomic E-state index is 0.0210. The van der Waals surface area contributed by atoms with Crippen molar-refractivity contribution >= 4 is 19.7 Å². The summed E-state index contributed by atoms with van der Waals surface area (Å²) in [6.45, 7) is 6.79. The number of nitrogens with one attached hydrogen (secondary N) is 1. The van der Waals surface area contributed by atoms with Crippen molar-refractivity contribution in [2.45, 2.75) is 238 Å². The summed E-state index contributed by atoms with van der Waals surface area (Å²) >= 11 is 0. The van der Waals surface area contributed by atoms with E-state index in [1.54, 1.807) is 0 Å². The molecule has 0 aromatic rings. The number of phosphoric acid groups is 1. The number of rotatable bonds is 52. The zero-order valence-corrected chi connectivity index (χ0v) is 49.6. The smallest absolute Gasteiger partial charge is 0.456 e. The number of unbranched alkanes of at least 4 members (excludes halogenated alkanes) is 18. The Bertz CT molecular complexity index is 1700. The van der Waals surface area contributed by atoms with Crippen LogP contribution in [0.4, 0.5) is 0 Å². The molecule has 0 fully saturated rings. The summed E-state index contributed by atoms with van der Waals surface area (Å²) in [7, 11) is 1.43. The molecule has 0 saturated heterocycles. The van der Waals surface area contributed by atoms with Crippen molar-refractivity contribution in [2.24, 2.45) is 0 Å². The van der Waals surface area contributed by atoms with Gasteiger partial charge in [0.05, 0.1) is 33.8 Å². The van der Waals surface area contributed by atoms with E-state index in [0.29, 0.717) is 30.3 Å². The molecule has 0 aliphatic carbocycles. The molecule has 10 heteroatoms. The number of hydrogen-bond acceptors (Lipinski definition) is 6. The van der Waals surface area contributed by atoms with E-state index >= 15 is 0 Å². The molecule has 0 rings (SSSR count).